The Hall–Kier alpha value is -1.52. The average Bonchev–Trinajstić information content (AvgIpc) is 2.70. The normalized spacial score (nSPS) is 15.9. The minimum Gasteiger partial charge on any atom is -0.490 e. The van der Waals surface area contributed by atoms with Crippen LogP contribution in [0.15, 0.2) is 11.0 Å². The van der Waals surface area contributed by atoms with Crippen molar-refractivity contribution in [1.29, 1.82) is 0 Å². The maximum absolute atomic E-state index is 11.3. The molecule has 1 aromatic rings. The average molecular weight is 194 g/mol. The third-order valence-electron chi connectivity index (χ3n) is 2.29. The van der Waals surface area contributed by atoms with Crippen molar-refractivity contribution in [2.45, 2.75) is 6.42 Å². The van der Waals surface area contributed by atoms with Crippen molar-refractivity contribution < 1.29 is 4.74 Å². The molecule has 1 N–H and O–H groups in total. The first-order valence-electron chi connectivity index (χ1n) is 4.51. The van der Waals surface area contributed by atoms with Crippen molar-refractivity contribution in [3.63, 3.8) is 0 Å². The molecule has 0 saturated carbocycles. The molecule has 0 atom stereocenters. The second-order valence-corrected chi connectivity index (χ2v) is 3.14. The molecule has 1 aliphatic rings. The van der Waals surface area contributed by atoms with Crippen LogP contribution in [0.5, 0.6) is 5.75 Å². The first-order chi connectivity index (χ1) is 6.83. The quantitative estimate of drug-likeness (QED) is 0.730. The summed E-state index contributed by atoms with van der Waals surface area (Å²) >= 11 is 0. The number of nitrogens with one attached hydrogen (secondary N) is 1. The van der Waals surface area contributed by atoms with Crippen LogP contribution in [0.25, 0.3) is 0 Å². The van der Waals surface area contributed by atoms with Crippen LogP contribution in [0.1, 0.15) is 6.42 Å². The molecule has 5 nitrogen and oxygen atoms in total. The second-order valence-electron chi connectivity index (χ2n) is 3.14. The Balaban J connectivity index is 2.40. The number of anilines is 1. The lowest BCUT2D eigenvalue weighted by Gasteiger charge is -2.18. The van der Waals surface area contributed by atoms with Gasteiger partial charge in [0.25, 0.3) is 0 Å². The zero-order chi connectivity index (χ0) is 9.97. The Labute approximate surface area is 81.7 Å². The van der Waals surface area contributed by atoms with E-state index in [-0.39, 0.29) is 5.56 Å². The molecular formula is C9H12N3O2. The second kappa shape index (κ2) is 3.69. The van der Waals surface area contributed by atoms with Crippen LogP contribution in [0.4, 0.5) is 5.69 Å². The largest absolute Gasteiger partial charge is 0.490 e. The standard InChI is InChI=1S/C9H12N3O2/c1-14-8-7(6-10-11-9(8)13)12-4-2-3-5-12/h2,6H,3-5H2,1H3,(H,11,13). The number of hydrogen-bond acceptors (Lipinski definition) is 4. The Morgan fingerprint density at radius 2 is 2.50 bits per heavy atom. The van der Waals surface area contributed by atoms with Gasteiger partial charge in [0, 0.05) is 13.1 Å². The van der Waals surface area contributed by atoms with Crippen molar-refractivity contribution in [3.05, 3.63) is 23.0 Å². The van der Waals surface area contributed by atoms with Crippen LogP contribution in [0.2, 0.25) is 0 Å². The summed E-state index contributed by atoms with van der Waals surface area (Å²) in [5.74, 6) is 0.343. The molecule has 0 amide bonds. The molecule has 0 unspecified atom stereocenters. The number of rotatable bonds is 2. The van der Waals surface area contributed by atoms with Crippen LogP contribution >= 0.6 is 0 Å². The highest BCUT2D eigenvalue weighted by atomic mass is 16.5. The first kappa shape index (κ1) is 9.05. The SMILES string of the molecule is COc1c(N2C[CH]CC2)cn[nH]c1=O. The molecule has 1 fully saturated rings. The zero-order valence-electron chi connectivity index (χ0n) is 7.99. The molecule has 0 aliphatic carbocycles. The van der Waals surface area contributed by atoms with E-state index in [0.29, 0.717) is 5.75 Å². The monoisotopic (exact) mass is 194 g/mol. The maximum Gasteiger partial charge on any atom is 0.308 e. The smallest absolute Gasteiger partial charge is 0.308 e. The summed E-state index contributed by atoms with van der Waals surface area (Å²) in [5, 5.41) is 6.11. The molecule has 0 bridgehead atoms. The molecule has 1 radical (unpaired) electrons. The van der Waals surface area contributed by atoms with Gasteiger partial charge in [-0.05, 0) is 12.8 Å². The van der Waals surface area contributed by atoms with Gasteiger partial charge in [-0.3, -0.25) is 4.79 Å². The van der Waals surface area contributed by atoms with Crippen molar-refractivity contribution >= 4 is 5.69 Å². The van der Waals surface area contributed by atoms with Gasteiger partial charge in [0.15, 0.2) is 0 Å². The number of H-pyrrole nitrogens is 1. The third kappa shape index (κ3) is 1.45. The summed E-state index contributed by atoms with van der Waals surface area (Å²) in [6.45, 7) is 1.77. The van der Waals surface area contributed by atoms with E-state index in [2.05, 4.69) is 21.5 Å². The van der Waals surface area contributed by atoms with Gasteiger partial charge in [-0.1, -0.05) is 0 Å². The van der Waals surface area contributed by atoms with E-state index in [4.69, 9.17) is 4.74 Å². The lowest BCUT2D eigenvalue weighted by atomic mass is 10.4. The topological polar surface area (TPSA) is 58.2 Å². The fourth-order valence-corrected chi connectivity index (χ4v) is 1.60. The van der Waals surface area contributed by atoms with Crippen LogP contribution in [0, 0.1) is 6.42 Å². The number of aromatic nitrogens is 2. The highest BCUT2D eigenvalue weighted by Gasteiger charge is 2.18. The Kier molecular flexibility index (Phi) is 2.39. The van der Waals surface area contributed by atoms with Crippen molar-refractivity contribution in [1.82, 2.24) is 10.2 Å². The molecule has 5 heteroatoms. The van der Waals surface area contributed by atoms with E-state index in [9.17, 15) is 4.79 Å². The zero-order valence-corrected chi connectivity index (χ0v) is 7.99. The molecule has 75 valence electrons. The molecule has 2 rings (SSSR count). The van der Waals surface area contributed by atoms with Gasteiger partial charge in [-0.25, -0.2) is 5.10 Å². The van der Waals surface area contributed by atoms with Crippen molar-refractivity contribution in [3.8, 4) is 5.75 Å². The molecule has 1 aromatic heterocycles. The van der Waals surface area contributed by atoms with Gasteiger partial charge in [-0.15, -0.1) is 0 Å². The van der Waals surface area contributed by atoms with Crippen LogP contribution < -0.4 is 15.2 Å². The first-order valence-corrected chi connectivity index (χ1v) is 4.51. The van der Waals surface area contributed by atoms with Gasteiger partial charge in [0.1, 0.15) is 5.69 Å². The predicted octanol–water partition coefficient (Wildman–Crippen LogP) is 0.193. The van der Waals surface area contributed by atoms with Crippen LogP contribution in [-0.4, -0.2) is 30.4 Å². The number of hydrogen-bond donors (Lipinski definition) is 1. The van der Waals surface area contributed by atoms with E-state index < -0.39 is 0 Å². The van der Waals surface area contributed by atoms with Crippen molar-refractivity contribution in [2.24, 2.45) is 0 Å². The van der Waals surface area contributed by atoms with Gasteiger partial charge >= 0.3 is 5.56 Å². The molecule has 0 aromatic carbocycles. The minimum atomic E-state index is -0.281. The van der Waals surface area contributed by atoms with E-state index in [1.165, 1.54) is 7.11 Å². The third-order valence-corrected chi connectivity index (χ3v) is 2.29. The highest BCUT2D eigenvalue weighted by molar-refractivity contribution is 5.56. The maximum atomic E-state index is 11.3. The summed E-state index contributed by atoms with van der Waals surface area (Å²) in [7, 11) is 1.49. The Bertz CT molecular complexity index is 369. The summed E-state index contributed by atoms with van der Waals surface area (Å²) in [6, 6.07) is 0. The summed E-state index contributed by atoms with van der Waals surface area (Å²) in [5.41, 5.74) is 0.488. The summed E-state index contributed by atoms with van der Waals surface area (Å²) in [6.07, 6.45) is 4.83. The fraction of sp³-hybridized carbons (Fsp3) is 0.444. The molecule has 2 heterocycles. The van der Waals surface area contributed by atoms with E-state index >= 15 is 0 Å². The molecule has 0 spiro atoms. The van der Waals surface area contributed by atoms with Crippen LogP contribution in [-0.2, 0) is 0 Å². The molecule has 1 aliphatic heterocycles. The lowest BCUT2D eigenvalue weighted by molar-refractivity contribution is 0.406. The van der Waals surface area contributed by atoms with Gasteiger partial charge in [0.2, 0.25) is 5.75 Å². The fourth-order valence-electron chi connectivity index (χ4n) is 1.60. The van der Waals surface area contributed by atoms with E-state index in [1.807, 2.05) is 0 Å². The van der Waals surface area contributed by atoms with Crippen molar-refractivity contribution in [2.75, 3.05) is 25.1 Å². The minimum absolute atomic E-state index is 0.281. The van der Waals surface area contributed by atoms with E-state index in [0.717, 1.165) is 25.2 Å². The predicted molar refractivity (Wildman–Crippen MR) is 52.5 cm³/mol. The molecule has 1 saturated heterocycles. The van der Waals surface area contributed by atoms with Gasteiger partial charge in [0.05, 0.1) is 13.3 Å². The van der Waals surface area contributed by atoms with Gasteiger partial charge in [-0.2, -0.15) is 5.10 Å². The number of aromatic amines is 1. The Morgan fingerprint density at radius 3 is 3.14 bits per heavy atom. The highest BCUT2D eigenvalue weighted by Crippen LogP contribution is 2.25. The Morgan fingerprint density at radius 1 is 1.64 bits per heavy atom. The number of ether oxygens (including phenoxy) is 1. The summed E-state index contributed by atoms with van der Waals surface area (Å²) < 4.78 is 5.05. The van der Waals surface area contributed by atoms with Gasteiger partial charge < -0.3 is 9.64 Å². The summed E-state index contributed by atoms with van der Waals surface area (Å²) in [4.78, 5) is 13.4. The van der Waals surface area contributed by atoms with Crippen LogP contribution in [0.3, 0.4) is 0 Å². The number of nitrogens with zero attached hydrogens (tertiary/aromatic N) is 2. The molecular weight excluding hydrogens is 182 g/mol. The van der Waals surface area contributed by atoms with E-state index in [1.54, 1.807) is 6.20 Å². The lowest BCUT2D eigenvalue weighted by Crippen LogP contribution is -2.22. The molecule has 14 heavy (non-hydrogen) atoms. The number of methoxy groups -OCH3 is 1.